The molecule has 1 aromatic heterocycles. The zero-order valence-electron chi connectivity index (χ0n) is 9.02. The Balaban J connectivity index is 0.00000112. The molecule has 0 aliphatic carbocycles. The van der Waals surface area contributed by atoms with Gasteiger partial charge in [0, 0.05) is 43.6 Å². The fourth-order valence-corrected chi connectivity index (χ4v) is 1.80. The fourth-order valence-electron chi connectivity index (χ4n) is 1.80. The molecule has 2 rings (SSSR count). The van der Waals surface area contributed by atoms with Crippen LogP contribution in [0.15, 0.2) is 18.3 Å². The van der Waals surface area contributed by atoms with Gasteiger partial charge in [-0.2, -0.15) is 4.39 Å². The van der Waals surface area contributed by atoms with E-state index >= 15 is 0 Å². The Kier molecular flexibility index (Phi) is 6.64. The smallest absolute Gasteiger partial charge is 0.214 e. The molecule has 0 aromatic carbocycles. The van der Waals surface area contributed by atoms with Crippen LogP contribution in [0.5, 0.6) is 0 Å². The molecular weight excluding hydrogens is 252 g/mol. The molecule has 1 saturated heterocycles. The van der Waals surface area contributed by atoms with Crippen LogP contribution in [-0.2, 0) is 0 Å². The number of anilines is 1. The van der Waals surface area contributed by atoms with E-state index < -0.39 is 5.95 Å². The second-order valence-corrected chi connectivity index (χ2v) is 3.58. The van der Waals surface area contributed by atoms with Gasteiger partial charge < -0.3 is 10.2 Å². The number of aromatic nitrogens is 1. The third kappa shape index (κ3) is 3.47. The van der Waals surface area contributed by atoms with Gasteiger partial charge in [0.05, 0.1) is 0 Å². The summed E-state index contributed by atoms with van der Waals surface area (Å²) in [6.45, 7) is 4.95. The van der Waals surface area contributed by atoms with E-state index in [1.54, 1.807) is 0 Å². The van der Waals surface area contributed by atoms with Crippen molar-refractivity contribution < 1.29 is 4.39 Å². The summed E-state index contributed by atoms with van der Waals surface area (Å²) < 4.78 is 12.9. The molecule has 1 fully saturated rings. The van der Waals surface area contributed by atoms with E-state index in [0.717, 1.165) is 25.3 Å². The second kappa shape index (κ2) is 6.89. The molecule has 1 aliphatic heterocycles. The van der Waals surface area contributed by atoms with Gasteiger partial charge in [-0.3, -0.25) is 0 Å². The maximum atomic E-state index is 12.9. The maximum Gasteiger partial charge on any atom is 0.214 e. The third-order valence-corrected chi connectivity index (χ3v) is 2.54. The highest BCUT2D eigenvalue weighted by atomic mass is 35.5. The predicted octanol–water partition coefficient (Wildman–Crippen LogP) is 1.86. The Morgan fingerprint density at radius 3 is 2.88 bits per heavy atom. The van der Waals surface area contributed by atoms with Gasteiger partial charge in [0.25, 0.3) is 0 Å². The summed E-state index contributed by atoms with van der Waals surface area (Å²) in [6.07, 6.45) is 1.51. The van der Waals surface area contributed by atoms with Crippen LogP contribution in [0.4, 0.5) is 10.1 Å². The molecule has 0 saturated carbocycles. The maximum absolute atomic E-state index is 12.9. The second-order valence-electron chi connectivity index (χ2n) is 3.58. The van der Waals surface area contributed by atoms with Crippen LogP contribution in [0.25, 0.3) is 0 Å². The zero-order valence-corrected chi connectivity index (χ0v) is 10.7. The monoisotopic (exact) mass is 267 g/mol. The van der Waals surface area contributed by atoms with E-state index in [-0.39, 0.29) is 24.8 Å². The molecule has 0 spiro atoms. The van der Waals surface area contributed by atoms with E-state index in [1.165, 1.54) is 12.3 Å². The molecule has 0 radical (unpaired) electrons. The van der Waals surface area contributed by atoms with Gasteiger partial charge >= 0.3 is 0 Å². The summed E-state index contributed by atoms with van der Waals surface area (Å²) in [5.74, 6) is -0.409. The quantitative estimate of drug-likeness (QED) is 0.788. The Labute approximate surface area is 107 Å². The predicted molar refractivity (Wildman–Crippen MR) is 68.4 cm³/mol. The number of pyridine rings is 1. The van der Waals surface area contributed by atoms with Crippen molar-refractivity contribution in [2.45, 2.75) is 13.0 Å². The van der Waals surface area contributed by atoms with Crippen LogP contribution in [0, 0.1) is 5.95 Å². The lowest BCUT2D eigenvalue weighted by Crippen LogP contribution is -2.49. The lowest BCUT2D eigenvalue weighted by Gasteiger charge is -2.35. The topological polar surface area (TPSA) is 28.2 Å². The number of halogens is 3. The van der Waals surface area contributed by atoms with Crippen molar-refractivity contribution in [1.82, 2.24) is 10.3 Å². The summed E-state index contributed by atoms with van der Waals surface area (Å²) in [5, 5.41) is 3.30. The minimum Gasteiger partial charge on any atom is -0.366 e. The van der Waals surface area contributed by atoms with E-state index in [9.17, 15) is 4.39 Å². The number of piperazine rings is 1. The lowest BCUT2D eigenvalue weighted by molar-refractivity contribution is 0.498. The molecule has 2 heterocycles. The standard InChI is InChI=1S/C10H14FN3.2ClH/c1-8-7-12-4-5-14(8)9-2-3-13-10(11)6-9;;/h2-3,6,8,12H,4-5,7H2,1H3;2*1H/t8-;;/m0../s1. The molecule has 1 aromatic rings. The number of nitrogens with one attached hydrogen (secondary N) is 1. The normalized spacial score (nSPS) is 19.6. The number of hydrogen-bond acceptors (Lipinski definition) is 3. The molecule has 92 valence electrons. The highest BCUT2D eigenvalue weighted by Gasteiger charge is 2.18. The van der Waals surface area contributed by atoms with E-state index in [1.807, 2.05) is 6.07 Å². The van der Waals surface area contributed by atoms with Crippen molar-refractivity contribution in [2.75, 3.05) is 24.5 Å². The van der Waals surface area contributed by atoms with Gasteiger partial charge in [-0.05, 0) is 13.0 Å². The Bertz CT molecular complexity index is 325. The van der Waals surface area contributed by atoms with Crippen molar-refractivity contribution in [3.05, 3.63) is 24.3 Å². The molecule has 6 heteroatoms. The van der Waals surface area contributed by atoms with Crippen LogP contribution in [0.2, 0.25) is 0 Å². The zero-order chi connectivity index (χ0) is 9.97. The van der Waals surface area contributed by atoms with Crippen molar-refractivity contribution in [2.24, 2.45) is 0 Å². The summed E-state index contributed by atoms with van der Waals surface area (Å²) in [6, 6.07) is 3.75. The highest BCUT2D eigenvalue weighted by molar-refractivity contribution is 5.85. The van der Waals surface area contributed by atoms with Crippen LogP contribution in [0.3, 0.4) is 0 Å². The average molecular weight is 268 g/mol. The fraction of sp³-hybridized carbons (Fsp3) is 0.500. The first-order valence-corrected chi connectivity index (χ1v) is 4.86. The van der Waals surface area contributed by atoms with Gasteiger partial charge in [0.15, 0.2) is 0 Å². The van der Waals surface area contributed by atoms with Crippen molar-refractivity contribution in [3.8, 4) is 0 Å². The minimum atomic E-state index is -0.409. The van der Waals surface area contributed by atoms with Crippen molar-refractivity contribution >= 4 is 30.5 Å². The number of nitrogens with zero attached hydrogens (tertiary/aromatic N) is 2. The van der Waals surface area contributed by atoms with Gasteiger partial charge in [-0.1, -0.05) is 0 Å². The van der Waals surface area contributed by atoms with Crippen molar-refractivity contribution in [1.29, 1.82) is 0 Å². The SMILES string of the molecule is C[C@H]1CNCCN1c1ccnc(F)c1.Cl.Cl. The molecule has 3 nitrogen and oxygen atoms in total. The molecule has 1 aliphatic rings. The van der Waals surface area contributed by atoms with Gasteiger partial charge in [0.2, 0.25) is 5.95 Å². The molecule has 0 bridgehead atoms. The van der Waals surface area contributed by atoms with E-state index in [2.05, 4.69) is 22.1 Å². The first-order valence-electron chi connectivity index (χ1n) is 4.86. The van der Waals surface area contributed by atoms with E-state index in [0.29, 0.717) is 6.04 Å². The third-order valence-electron chi connectivity index (χ3n) is 2.54. The van der Waals surface area contributed by atoms with Gasteiger partial charge in [-0.25, -0.2) is 4.98 Å². The Morgan fingerprint density at radius 2 is 2.25 bits per heavy atom. The summed E-state index contributed by atoms with van der Waals surface area (Å²) in [4.78, 5) is 5.75. The van der Waals surface area contributed by atoms with Crippen LogP contribution in [-0.4, -0.2) is 30.7 Å². The van der Waals surface area contributed by atoms with Gasteiger partial charge in [0.1, 0.15) is 0 Å². The summed E-state index contributed by atoms with van der Waals surface area (Å²) in [7, 11) is 0. The summed E-state index contributed by atoms with van der Waals surface area (Å²) in [5.41, 5.74) is 0.923. The largest absolute Gasteiger partial charge is 0.366 e. The number of rotatable bonds is 1. The first-order chi connectivity index (χ1) is 6.77. The molecule has 0 amide bonds. The average Bonchev–Trinajstić information content (AvgIpc) is 2.18. The molecular formula is C10H16Cl2FN3. The van der Waals surface area contributed by atoms with Crippen LogP contribution >= 0.6 is 24.8 Å². The lowest BCUT2D eigenvalue weighted by atomic mass is 10.2. The van der Waals surface area contributed by atoms with Crippen molar-refractivity contribution in [3.63, 3.8) is 0 Å². The first kappa shape index (κ1) is 15.4. The molecule has 0 unspecified atom stereocenters. The minimum absolute atomic E-state index is 0. The molecule has 1 atom stereocenters. The molecule has 1 N–H and O–H groups in total. The van der Waals surface area contributed by atoms with E-state index in [4.69, 9.17) is 0 Å². The Morgan fingerprint density at radius 1 is 1.50 bits per heavy atom. The van der Waals surface area contributed by atoms with Gasteiger partial charge in [-0.15, -0.1) is 24.8 Å². The highest BCUT2D eigenvalue weighted by Crippen LogP contribution is 2.17. The number of hydrogen-bond donors (Lipinski definition) is 1. The summed E-state index contributed by atoms with van der Waals surface area (Å²) >= 11 is 0. The Hall–Kier alpha value is -0.580. The van der Waals surface area contributed by atoms with Crippen LogP contribution in [0.1, 0.15) is 6.92 Å². The molecule has 16 heavy (non-hydrogen) atoms. The van der Waals surface area contributed by atoms with Crippen LogP contribution < -0.4 is 10.2 Å².